The maximum atomic E-state index is 12.9. The van der Waals surface area contributed by atoms with Crippen LogP contribution in [0.5, 0.6) is 0 Å². The topological polar surface area (TPSA) is 42.4 Å². The molecule has 0 aliphatic heterocycles. The van der Waals surface area contributed by atoms with Crippen LogP contribution in [0.4, 0.5) is 5.13 Å². The molecular formula is C17H20N2O2S. The molecule has 1 atom stereocenters. The van der Waals surface area contributed by atoms with E-state index in [4.69, 9.17) is 4.74 Å². The molecule has 4 nitrogen and oxygen atoms in total. The molecule has 3 rings (SSSR count). The minimum Gasteiger partial charge on any atom is -0.360 e. The van der Waals surface area contributed by atoms with Crippen LogP contribution in [0.2, 0.25) is 0 Å². The summed E-state index contributed by atoms with van der Waals surface area (Å²) in [6, 6.07) is 9.74. The number of anilines is 1. The van der Waals surface area contributed by atoms with Gasteiger partial charge in [-0.15, -0.1) is 11.3 Å². The van der Waals surface area contributed by atoms with Crippen molar-refractivity contribution < 1.29 is 9.53 Å². The number of amides is 1. The van der Waals surface area contributed by atoms with E-state index in [1.54, 1.807) is 18.1 Å². The summed E-state index contributed by atoms with van der Waals surface area (Å²) in [5.41, 5.74) is 0.905. The highest BCUT2D eigenvalue weighted by Gasteiger charge is 2.30. The first kappa shape index (κ1) is 15.2. The number of carbonyl (C=O) groups is 1. The van der Waals surface area contributed by atoms with Gasteiger partial charge in [-0.05, 0) is 18.4 Å². The van der Waals surface area contributed by atoms with Crippen molar-refractivity contribution >= 4 is 22.4 Å². The zero-order chi connectivity index (χ0) is 15.4. The quantitative estimate of drug-likeness (QED) is 0.842. The van der Waals surface area contributed by atoms with E-state index >= 15 is 0 Å². The van der Waals surface area contributed by atoms with Crippen molar-refractivity contribution in [3.05, 3.63) is 47.5 Å². The molecule has 1 aliphatic rings. The summed E-state index contributed by atoms with van der Waals surface area (Å²) in [5.74, 6) is -0.0620. The smallest absolute Gasteiger partial charge is 0.262 e. The van der Waals surface area contributed by atoms with Crippen molar-refractivity contribution in [3.63, 3.8) is 0 Å². The molecule has 1 fully saturated rings. The van der Waals surface area contributed by atoms with E-state index in [1.807, 2.05) is 35.7 Å². The van der Waals surface area contributed by atoms with Gasteiger partial charge in [0.1, 0.15) is 0 Å². The molecule has 1 aromatic carbocycles. The van der Waals surface area contributed by atoms with E-state index < -0.39 is 6.10 Å². The molecule has 1 unspecified atom stereocenters. The Morgan fingerprint density at radius 2 is 2.05 bits per heavy atom. The monoisotopic (exact) mass is 316 g/mol. The molecule has 1 aromatic heterocycles. The van der Waals surface area contributed by atoms with Gasteiger partial charge >= 0.3 is 0 Å². The van der Waals surface area contributed by atoms with Crippen LogP contribution in [-0.2, 0) is 9.53 Å². The fourth-order valence-electron chi connectivity index (χ4n) is 2.78. The molecule has 1 amide bonds. The van der Waals surface area contributed by atoms with Gasteiger partial charge < -0.3 is 4.74 Å². The van der Waals surface area contributed by atoms with Crippen LogP contribution < -0.4 is 4.90 Å². The predicted molar refractivity (Wildman–Crippen MR) is 88.0 cm³/mol. The number of benzene rings is 1. The number of likely N-dealkylation sites (N-methyl/N-ethyl adjacent to an activating group) is 1. The molecule has 0 radical (unpaired) electrons. The molecule has 116 valence electrons. The maximum absolute atomic E-state index is 12.9. The highest BCUT2D eigenvalue weighted by molar-refractivity contribution is 7.13. The van der Waals surface area contributed by atoms with Gasteiger partial charge in [-0.1, -0.05) is 43.2 Å². The van der Waals surface area contributed by atoms with Crippen molar-refractivity contribution in [2.45, 2.75) is 37.9 Å². The summed E-state index contributed by atoms with van der Waals surface area (Å²) in [6.45, 7) is 0. The lowest BCUT2D eigenvalue weighted by Crippen LogP contribution is -2.34. The van der Waals surface area contributed by atoms with Crippen LogP contribution in [0.1, 0.15) is 37.4 Å². The number of carbonyl (C=O) groups excluding carboxylic acids is 1. The zero-order valence-corrected chi connectivity index (χ0v) is 13.5. The minimum absolute atomic E-state index is 0.0620. The molecule has 1 aliphatic carbocycles. The van der Waals surface area contributed by atoms with Crippen LogP contribution in [0.25, 0.3) is 0 Å². The second kappa shape index (κ2) is 7.03. The lowest BCUT2D eigenvalue weighted by Gasteiger charge is -2.25. The molecule has 2 aromatic rings. The van der Waals surface area contributed by atoms with Crippen LogP contribution in [0.3, 0.4) is 0 Å². The molecule has 0 bridgehead atoms. The molecule has 22 heavy (non-hydrogen) atoms. The minimum atomic E-state index is -0.557. The van der Waals surface area contributed by atoms with Gasteiger partial charge in [0.25, 0.3) is 5.91 Å². The Morgan fingerprint density at radius 1 is 1.32 bits per heavy atom. The summed E-state index contributed by atoms with van der Waals surface area (Å²) in [7, 11) is 1.76. The summed E-state index contributed by atoms with van der Waals surface area (Å²) in [6.07, 6.45) is 5.77. The SMILES string of the molecule is CN(C(=O)C(OC1CCCC1)c1ccccc1)c1nccs1. The van der Waals surface area contributed by atoms with E-state index in [0.29, 0.717) is 5.13 Å². The second-order valence-electron chi connectivity index (χ2n) is 5.55. The van der Waals surface area contributed by atoms with Crippen molar-refractivity contribution in [2.24, 2.45) is 0 Å². The second-order valence-corrected chi connectivity index (χ2v) is 6.42. The van der Waals surface area contributed by atoms with Crippen LogP contribution in [0.15, 0.2) is 41.9 Å². The van der Waals surface area contributed by atoms with E-state index in [1.165, 1.54) is 24.2 Å². The number of hydrogen-bond donors (Lipinski definition) is 0. The predicted octanol–water partition coefficient (Wildman–Crippen LogP) is 3.81. The third kappa shape index (κ3) is 3.36. The number of rotatable bonds is 5. The number of ether oxygens (including phenoxy) is 1. The number of hydrogen-bond acceptors (Lipinski definition) is 4. The van der Waals surface area contributed by atoms with Gasteiger partial charge in [-0.2, -0.15) is 0 Å². The average molecular weight is 316 g/mol. The summed E-state index contributed by atoms with van der Waals surface area (Å²) < 4.78 is 6.16. The molecule has 1 saturated carbocycles. The van der Waals surface area contributed by atoms with Crippen molar-refractivity contribution in [1.29, 1.82) is 0 Å². The third-order valence-electron chi connectivity index (χ3n) is 3.99. The highest BCUT2D eigenvalue weighted by Crippen LogP contribution is 2.30. The van der Waals surface area contributed by atoms with Gasteiger partial charge in [0.05, 0.1) is 6.10 Å². The van der Waals surface area contributed by atoms with Gasteiger partial charge in [-0.3, -0.25) is 9.69 Å². The Balaban J connectivity index is 1.82. The molecular weight excluding hydrogens is 296 g/mol. The number of aromatic nitrogens is 1. The third-order valence-corrected chi connectivity index (χ3v) is 4.84. The summed E-state index contributed by atoms with van der Waals surface area (Å²) in [4.78, 5) is 18.7. The molecule has 5 heteroatoms. The van der Waals surface area contributed by atoms with E-state index in [-0.39, 0.29) is 12.0 Å². The van der Waals surface area contributed by atoms with Gasteiger partial charge in [-0.25, -0.2) is 4.98 Å². The van der Waals surface area contributed by atoms with Crippen molar-refractivity contribution in [2.75, 3.05) is 11.9 Å². The van der Waals surface area contributed by atoms with Gasteiger partial charge in [0.15, 0.2) is 11.2 Å². The van der Waals surface area contributed by atoms with Crippen LogP contribution in [-0.4, -0.2) is 24.0 Å². The Kier molecular flexibility index (Phi) is 4.85. The van der Waals surface area contributed by atoms with Crippen molar-refractivity contribution in [3.8, 4) is 0 Å². The maximum Gasteiger partial charge on any atom is 0.262 e. The van der Waals surface area contributed by atoms with Crippen molar-refractivity contribution in [1.82, 2.24) is 4.98 Å². The molecule has 0 spiro atoms. The lowest BCUT2D eigenvalue weighted by atomic mass is 10.1. The van der Waals surface area contributed by atoms with E-state index in [9.17, 15) is 4.79 Å². The Bertz CT molecular complexity index is 594. The zero-order valence-electron chi connectivity index (χ0n) is 12.6. The number of nitrogens with zero attached hydrogens (tertiary/aromatic N) is 2. The van der Waals surface area contributed by atoms with Crippen LogP contribution >= 0.6 is 11.3 Å². The number of thiazole rings is 1. The molecule has 0 N–H and O–H groups in total. The van der Waals surface area contributed by atoms with Crippen LogP contribution in [0, 0.1) is 0 Å². The largest absolute Gasteiger partial charge is 0.360 e. The Morgan fingerprint density at radius 3 is 2.68 bits per heavy atom. The normalized spacial score (nSPS) is 16.6. The van der Waals surface area contributed by atoms with Gasteiger partial charge in [0, 0.05) is 18.6 Å². The first-order valence-corrected chi connectivity index (χ1v) is 8.51. The average Bonchev–Trinajstić information content (AvgIpc) is 3.25. The Labute approximate surface area is 134 Å². The first-order valence-electron chi connectivity index (χ1n) is 7.63. The first-order chi connectivity index (χ1) is 10.8. The standard InChI is InChI=1S/C17H20N2O2S/c1-19(17-18-11-12-22-17)16(20)15(13-7-3-2-4-8-13)21-14-9-5-6-10-14/h2-4,7-8,11-12,14-15H,5-6,9-10H2,1H3. The van der Waals surface area contributed by atoms with E-state index in [0.717, 1.165) is 18.4 Å². The highest BCUT2D eigenvalue weighted by atomic mass is 32.1. The Hall–Kier alpha value is -1.72. The summed E-state index contributed by atoms with van der Waals surface area (Å²) >= 11 is 1.45. The summed E-state index contributed by atoms with van der Waals surface area (Å²) in [5, 5.41) is 2.56. The van der Waals surface area contributed by atoms with E-state index in [2.05, 4.69) is 4.98 Å². The fourth-order valence-corrected chi connectivity index (χ4v) is 3.39. The van der Waals surface area contributed by atoms with Gasteiger partial charge in [0.2, 0.25) is 0 Å². The lowest BCUT2D eigenvalue weighted by molar-refractivity contribution is -0.134. The fraction of sp³-hybridized carbons (Fsp3) is 0.412. The molecule has 1 heterocycles. The molecule has 0 saturated heterocycles.